The molecule has 2 aromatic carbocycles. The highest BCUT2D eigenvalue weighted by molar-refractivity contribution is 5.84. The van der Waals surface area contributed by atoms with Gasteiger partial charge in [-0.3, -0.25) is 0 Å². The summed E-state index contributed by atoms with van der Waals surface area (Å²) in [7, 11) is 0. The zero-order valence-electron chi connectivity index (χ0n) is 14.2. The fraction of sp³-hybridized carbons (Fsp3) is 0.0476. The molecule has 0 aliphatic rings. The molecule has 26 heavy (non-hydrogen) atoms. The lowest BCUT2D eigenvalue weighted by Gasteiger charge is -2.12. The largest absolute Gasteiger partial charge is 0.457 e. The van der Waals surface area contributed by atoms with Gasteiger partial charge in [-0.15, -0.1) is 0 Å². The lowest BCUT2D eigenvalue weighted by atomic mass is 10.2. The standard InChI is InChI=1S/C21H16N4O/c1-15-11-12-25-21(15)20(16(13-22)14-23-25)24-17-7-9-19(10-8-17)26-18-5-3-2-4-6-18/h2-12,14,24H,1H3. The molecule has 126 valence electrons. The summed E-state index contributed by atoms with van der Waals surface area (Å²) in [5.41, 5.74) is 4.08. The van der Waals surface area contributed by atoms with E-state index in [1.807, 2.05) is 73.8 Å². The first-order valence-electron chi connectivity index (χ1n) is 8.21. The van der Waals surface area contributed by atoms with Crippen molar-refractivity contribution in [1.29, 1.82) is 5.26 Å². The van der Waals surface area contributed by atoms with Crippen molar-refractivity contribution in [3.05, 3.63) is 84.2 Å². The first kappa shape index (κ1) is 15.7. The maximum atomic E-state index is 9.43. The summed E-state index contributed by atoms with van der Waals surface area (Å²) < 4.78 is 7.58. The number of aryl methyl sites for hydroxylation is 1. The number of nitrogens with zero attached hydrogens (tertiary/aromatic N) is 3. The number of hydrogen-bond acceptors (Lipinski definition) is 4. The molecule has 0 amide bonds. The van der Waals surface area contributed by atoms with Gasteiger partial charge in [0.15, 0.2) is 0 Å². The van der Waals surface area contributed by atoms with Crippen LogP contribution in [0, 0.1) is 18.3 Å². The second-order valence-corrected chi connectivity index (χ2v) is 5.90. The van der Waals surface area contributed by atoms with Crippen molar-refractivity contribution >= 4 is 16.9 Å². The Morgan fingerprint density at radius 3 is 2.46 bits per heavy atom. The molecule has 0 aliphatic carbocycles. The second-order valence-electron chi connectivity index (χ2n) is 5.90. The maximum absolute atomic E-state index is 9.43. The Morgan fingerprint density at radius 2 is 1.73 bits per heavy atom. The summed E-state index contributed by atoms with van der Waals surface area (Å²) in [6.07, 6.45) is 3.45. The number of benzene rings is 2. The molecular formula is C21H16N4O. The Kier molecular flexibility index (Phi) is 4.00. The van der Waals surface area contributed by atoms with Gasteiger partial charge in [0.25, 0.3) is 0 Å². The van der Waals surface area contributed by atoms with Crippen molar-refractivity contribution in [2.75, 3.05) is 5.32 Å². The molecule has 0 spiro atoms. The van der Waals surface area contributed by atoms with Gasteiger partial charge in [-0.2, -0.15) is 10.4 Å². The zero-order chi connectivity index (χ0) is 17.9. The van der Waals surface area contributed by atoms with Crippen molar-refractivity contribution in [3.63, 3.8) is 0 Å². The molecule has 5 heteroatoms. The van der Waals surface area contributed by atoms with Gasteiger partial charge in [0, 0.05) is 11.9 Å². The van der Waals surface area contributed by atoms with E-state index in [0.717, 1.165) is 34.0 Å². The number of ether oxygens (including phenoxy) is 1. The predicted octanol–water partition coefficient (Wildman–Crippen LogP) is 5.05. The Hall–Kier alpha value is -3.78. The van der Waals surface area contributed by atoms with Crippen LogP contribution in [0.2, 0.25) is 0 Å². The van der Waals surface area contributed by atoms with Gasteiger partial charge in [0.1, 0.15) is 17.6 Å². The van der Waals surface area contributed by atoms with Crippen LogP contribution in [0.3, 0.4) is 0 Å². The minimum atomic E-state index is 0.504. The SMILES string of the molecule is Cc1ccn2ncc(C#N)c(Nc3ccc(Oc4ccccc4)cc3)c12. The Morgan fingerprint density at radius 1 is 1.00 bits per heavy atom. The lowest BCUT2D eigenvalue weighted by Crippen LogP contribution is -2.00. The summed E-state index contributed by atoms with van der Waals surface area (Å²) in [6, 6.07) is 21.5. The zero-order valence-corrected chi connectivity index (χ0v) is 14.2. The molecule has 2 aromatic heterocycles. The molecular weight excluding hydrogens is 324 g/mol. The number of hydrogen-bond donors (Lipinski definition) is 1. The van der Waals surface area contributed by atoms with Crippen LogP contribution in [0.1, 0.15) is 11.1 Å². The van der Waals surface area contributed by atoms with Crippen LogP contribution in [0.15, 0.2) is 73.1 Å². The van der Waals surface area contributed by atoms with Crippen LogP contribution < -0.4 is 10.1 Å². The quantitative estimate of drug-likeness (QED) is 0.564. The van der Waals surface area contributed by atoms with Crippen LogP contribution in [-0.4, -0.2) is 9.61 Å². The summed E-state index contributed by atoms with van der Waals surface area (Å²) >= 11 is 0. The molecule has 1 N–H and O–H groups in total. The molecule has 0 saturated carbocycles. The van der Waals surface area contributed by atoms with Gasteiger partial charge in [0.2, 0.25) is 0 Å². The van der Waals surface area contributed by atoms with E-state index in [9.17, 15) is 5.26 Å². The minimum absolute atomic E-state index is 0.504. The molecule has 0 aliphatic heterocycles. The highest BCUT2D eigenvalue weighted by Crippen LogP contribution is 2.29. The number of nitrogens with one attached hydrogen (secondary N) is 1. The van der Waals surface area contributed by atoms with Gasteiger partial charge >= 0.3 is 0 Å². The molecule has 2 heterocycles. The topological polar surface area (TPSA) is 62.4 Å². The molecule has 4 aromatic rings. The third-order valence-electron chi connectivity index (χ3n) is 4.11. The van der Waals surface area contributed by atoms with Crippen molar-refractivity contribution < 1.29 is 4.74 Å². The van der Waals surface area contributed by atoms with Crippen molar-refractivity contribution in [2.45, 2.75) is 6.92 Å². The van der Waals surface area contributed by atoms with Gasteiger partial charge in [-0.1, -0.05) is 18.2 Å². The van der Waals surface area contributed by atoms with Gasteiger partial charge in [-0.25, -0.2) is 4.52 Å². The Bertz CT molecular complexity index is 1090. The molecule has 5 nitrogen and oxygen atoms in total. The van der Waals surface area contributed by atoms with E-state index in [1.165, 1.54) is 0 Å². The lowest BCUT2D eigenvalue weighted by molar-refractivity contribution is 0.483. The molecule has 4 rings (SSSR count). The molecule has 0 fully saturated rings. The first-order valence-corrected chi connectivity index (χ1v) is 8.21. The maximum Gasteiger partial charge on any atom is 0.127 e. The number of aromatic nitrogens is 2. The monoisotopic (exact) mass is 340 g/mol. The number of rotatable bonds is 4. The highest BCUT2D eigenvalue weighted by Gasteiger charge is 2.12. The highest BCUT2D eigenvalue weighted by atomic mass is 16.5. The molecule has 0 radical (unpaired) electrons. The van der Waals surface area contributed by atoms with Gasteiger partial charge < -0.3 is 10.1 Å². The average molecular weight is 340 g/mol. The van der Waals surface area contributed by atoms with Gasteiger partial charge in [0.05, 0.1) is 23.0 Å². The van der Waals surface area contributed by atoms with E-state index in [1.54, 1.807) is 10.7 Å². The Labute approximate surface area is 151 Å². The van der Waals surface area contributed by atoms with E-state index < -0.39 is 0 Å². The molecule has 0 atom stereocenters. The third-order valence-corrected chi connectivity index (χ3v) is 4.11. The number of anilines is 2. The van der Waals surface area contributed by atoms with Crippen molar-refractivity contribution in [3.8, 4) is 17.6 Å². The second kappa shape index (κ2) is 6.61. The van der Waals surface area contributed by atoms with E-state index in [-0.39, 0.29) is 0 Å². The minimum Gasteiger partial charge on any atom is -0.457 e. The van der Waals surface area contributed by atoms with Crippen LogP contribution in [0.25, 0.3) is 5.52 Å². The molecule has 0 unspecified atom stereocenters. The fourth-order valence-corrected chi connectivity index (χ4v) is 2.82. The van der Waals surface area contributed by atoms with E-state index in [0.29, 0.717) is 5.56 Å². The van der Waals surface area contributed by atoms with Gasteiger partial charge in [-0.05, 0) is 55.0 Å². The predicted molar refractivity (Wildman–Crippen MR) is 101 cm³/mol. The smallest absolute Gasteiger partial charge is 0.127 e. The summed E-state index contributed by atoms with van der Waals surface area (Å²) in [5.74, 6) is 1.54. The Balaban J connectivity index is 1.63. The molecule has 0 bridgehead atoms. The van der Waals surface area contributed by atoms with Crippen molar-refractivity contribution in [1.82, 2.24) is 9.61 Å². The normalized spacial score (nSPS) is 10.5. The van der Waals surface area contributed by atoms with Crippen LogP contribution in [-0.2, 0) is 0 Å². The van der Waals surface area contributed by atoms with E-state index in [2.05, 4.69) is 16.5 Å². The number of fused-ring (bicyclic) bond motifs is 1. The average Bonchev–Trinajstić information content (AvgIpc) is 3.06. The van der Waals surface area contributed by atoms with Crippen molar-refractivity contribution in [2.24, 2.45) is 0 Å². The summed E-state index contributed by atoms with van der Waals surface area (Å²) in [4.78, 5) is 0. The fourth-order valence-electron chi connectivity index (χ4n) is 2.82. The molecule has 0 saturated heterocycles. The van der Waals surface area contributed by atoms with Crippen LogP contribution in [0.4, 0.5) is 11.4 Å². The number of nitriles is 1. The van der Waals surface area contributed by atoms with Crippen LogP contribution in [0.5, 0.6) is 11.5 Å². The summed E-state index contributed by atoms with van der Waals surface area (Å²) in [5, 5.41) is 17.0. The number of para-hydroxylation sites is 1. The van der Waals surface area contributed by atoms with E-state index >= 15 is 0 Å². The first-order chi connectivity index (χ1) is 12.7. The summed E-state index contributed by atoms with van der Waals surface area (Å²) in [6.45, 7) is 2.00. The van der Waals surface area contributed by atoms with Crippen LogP contribution >= 0.6 is 0 Å². The van der Waals surface area contributed by atoms with E-state index in [4.69, 9.17) is 4.74 Å². The third kappa shape index (κ3) is 2.96.